The highest BCUT2D eigenvalue weighted by atomic mass is 19.1. The van der Waals surface area contributed by atoms with E-state index < -0.39 is 11.6 Å². The van der Waals surface area contributed by atoms with Crippen molar-refractivity contribution in [3.8, 4) is 22.5 Å². The molecule has 3 N–H and O–H groups in total. The molecule has 0 radical (unpaired) electrons. The number of aliphatic carboxylic acids is 1. The molecule has 1 fully saturated rings. The van der Waals surface area contributed by atoms with E-state index in [4.69, 9.17) is 0 Å². The molecule has 2 aliphatic rings. The molecule has 0 spiro atoms. The molecular formula is C31H33FN6O3. The molecule has 2 heterocycles. The van der Waals surface area contributed by atoms with Crippen LogP contribution < -0.4 is 5.32 Å². The summed E-state index contributed by atoms with van der Waals surface area (Å²) >= 11 is 0. The number of halogens is 1. The topological polar surface area (TPSA) is 126 Å². The van der Waals surface area contributed by atoms with E-state index in [0.717, 1.165) is 51.8 Å². The number of aromatic nitrogens is 5. The normalized spacial score (nSPS) is 19.7. The van der Waals surface area contributed by atoms with E-state index in [2.05, 4.69) is 25.7 Å². The van der Waals surface area contributed by atoms with Crippen LogP contribution in [-0.2, 0) is 17.8 Å². The van der Waals surface area contributed by atoms with Crippen molar-refractivity contribution in [1.29, 1.82) is 0 Å². The molecule has 4 aromatic rings. The predicted molar refractivity (Wildman–Crippen MR) is 152 cm³/mol. The number of hydrogen-bond donors (Lipinski definition) is 3. The monoisotopic (exact) mass is 556 g/mol. The zero-order chi connectivity index (χ0) is 29.1. The van der Waals surface area contributed by atoms with Crippen LogP contribution in [0.5, 0.6) is 0 Å². The molecule has 1 saturated carbocycles. The smallest absolute Gasteiger partial charge is 0.307 e. The van der Waals surface area contributed by atoms with E-state index in [1.54, 1.807) is 26.1 Å². The Hall–Kier alpha value is -4.18. The maximum Gasteiger partial charge on any atom is 0.307 e. The zero-order valence-corrected chi connectivity index (χ0v) is 23.5. The molecule has 2 aromatic heterocycles. The lowest BCUT2D eigenvalue weighted by Gasteiger charge is -2.19. The van der Waals surface area contributed by atoms with Gasteiger partial charge in [0.05, 0.1) is 24.1 Å². The van der Waals surface area contributed by atoms with Crippen molar-refractivity contribution in [3.05, 3.63) is 76.2 Å². The Kier molecular flexibility index (Phi) is 6.60. The van der Waals surface area contributed by atoms with Crippen LogP contribution in [0.3, 0.4) is 0 Å². The Morgan fingerprint density at radius 3 is 2.56 bits per heavy atom. The lowest BCUT2D eigenvalue weighted by molar-refractivity contribution is -0.138. The van der Waals surface area contributed by atoms with Gasteiger partial charge in [0.1, 0.15) is 11.6 Å². The van der Waals surface area contributed by atoms with Gasteiger partial charge in [-0.15, -0.1) is 10.2 Å². The van der Waals surface area contributed by atoms with Crippen molar-refractivity contribution in [3.63, 3.8) is 0 Å². The number of aliphatic hydroxyl groups is 1. The number of carboxylic acids is 1. The summed E-state index contributed by atoms with van der Waals surface area (Å²) in [5, 5.41) is 35.4. The first-order valence-electron chi connectivity index (χ1n) is 13.9. The van der Waals surface area contributed by atoms with Gasteiger partial charge < -0.3 is 15.5 Å². The summed E-state index contributed by atoms with van der Waals surface area (Å²) in [6.07, 6.45) is 3.84. The van der Waals surface area contributed by atoms with Crippen LogP contribution in [0.2, 0.25) is 0 Å². The number of aryl methyl sites for hydroxylation is 2. The van der Waals surface area contributed by atoms with E-state index in [0.29, 0.717) is 23.6 Å². The first kappa shape index (κ1) is 27.0. The molecule has 41 heavy (non-hydrogen) atoms. The summed E-state index contributed by atoms with van der Waals surface area (Å²) in [5.74, 6) is -0.177. The standard InChI is InChI=1S/C31H33FN6O3/c1-16-11-19(29-35-37-38(36-29)15-31(3,4)41)12-17(2)27(16)20-6-8-24(32)28-21(20)7-9-25(28)34-26-10-5-18(14-33-26)22-13-23(22)30(39)40/h5-6,8,10-12,14,22-23,25,41H,7,9,13,15H2,1-4H3,(H,33,34)(H,39,40)/t22-,23+,25-/m1/s1. The van der Waals surface area contributed by atoms with Crippen molar-refractivity contribution >= 4 is 11.8 Å². The quantitative estimate of drug-likeness (QED) is 0.270. The SMILES string of the molecule is Cc1cc(-c2nnn(CC(C)(C)O)n2)cc(C)c1-c1ccc(F)c2c1CC[C@H]2Nc1ccc([C@H]2C[C@@H]2C(=O)O)cn1. The van der Waals surface area contributed by atoms with Crippen LogP contribution in [0, 0.1) is 25.6 Å². The van der Waals surface area contributed by atoms with Gasteiger partial charge in [-0.25, -0.2) is 9.37 Å². The van der Waals surface area contributed by atoms with Gasteiger partial charge in [-0.3, -0.25) is 4.79 Å². The summed E-state index contributed by atoms with van der Waals surface area (Å²) in [6.45, 7) is 7.69. The number of pyridine rings is 1. The summed E-state index contributed by atoms with van der Waals surface area (Å²) in [4.78, 5) is 17.1. The average Bonchev–Trinajstić information content (AvgIpc) is 3.40. The summed E-state index contributed by atoms with van der Waals surface area (Å²) in [6, 6.07) is 11.0. The molecule has 0 aliphatic heterocycles. The van der Waals surface area contributed by atoms with E-state index in [-0.39, 0.29) is 30.2 Å². The average molecular weight is 557 g/mol. The Balaban J connectivity index is 1.26. The van der Waals surface area contributed by atoms with Crippen molar-refractivity contribution in [2.45, 2.75) is 71.1 Å². The number of benzene rings is 2. The number of hydrogen-bond acceptors (Lipinski definition) is 7. The largest absolute Gasteiger partial charge is 0.481 e. The summed E-state index contributed by atoms with van der Waals surface area (Å²) < 4.78 is 15.3. The predicted octanol–water partition coefficient (Wildman–Crippen LogP) is 5.22. The van der Waals surface area contributed by atoms with Crippen LogP contribution in [-0.4, -0.2) is 47.0 Å². The van der Waals surface area contributed by atoms with Gasteiger partial charge in [0, 0.05) is 17.3 Å². The Labute approximate surface area is 237 Å². The number of anilines is 1. The number of nitrogens with one attached hydrogen (secondary N) is 1. The van der Waals surface area contributed by atoms with Crippen molar-refractivity contribution in [2.24, 2.45) is 5.92 Å². The number of nitrogens with zero attached hydrogens (tertiary/aromatic N) is 5. The Morgan fingerprint density at radius 1 is 1.17 bits per heavy atom. The molecule has 9 nitrogen and oxygen atoms in total. The number of tetrazole rings is 1. The highest BCUT2D eigenvalue weighted by molar-refractivity contribution is 5.79. The second-order valence-corrected chi connectivity index (χ2v) is 11.9. The Bertz CT molecular complexity index is 1620. The summed E-state index contributed by atoms with van der Waals surface area (Å²) in [7, 11) is 0. The van der Waals surface area contributed by atoms with Gasteiger partial charge in [0.2, 0.25) is 5.82 Å². The number of carboxylic acid groups (broad SMARTS) is 1. The van der Waals surface area contributed by atoms with E-state index in [9.17, 15) is 15.0 Å². The molecular weight excluding hydrogens is 523 g/mol. The summed E-state index contributed by atoms with van der Waals surface area (Å²) in [5.41, 5.74) is 6.60. The van der Waals surface area contributed by atoms with Crippen LogP contribution in [0.1, 0.15) is 66.5 Å². The third kappa shape index (κ3) is 5.31. The molecule has 0 saturated heterocycles. The molecule has 10 heteroatoms. The third-order valence-electron chi connectivity index (χ3n) is 8.02. The maximum atomic E-state index is 15.3. The number of fused-ring (bicyclic) bond motifs is 1. The maximum absolute atomic E-state index is 15.3. The first-order valence-corrected chi connectivity index (χ1v) is 13.9. The lowest BCUT2D eigenvalue weighted by Crippen LogP contribution is -2.27. The fourth-order valence-electron chi connectivity index (χ4n) is 6.11. The second kappa shape index (κ2) is 10.0. The minimum atomic E-state index is -0.953. The molecule has 2 aromatic carbocycles. The molecule has 0 unspecified atom stereocenters. The van der Waals surface area contributed by atoms with Gasteiger partial charge >= 0.3 is 5.97 Å². The highest BCUT2D eigenvalue weighted by Crippen LogP contribution is 2.48. The van der Waals surface area contributed by atoms with Crippen molar-refractivity contribution < 1.29 is 19.4 Å². The van der Waals surface area contributed by atoms with Crippen molar-refractivity contribution in [2.75, 3.05) is 5.32 Å². The van der Waals surface area contributed by atoms with Gasteiger partial charge in [-0.1, -0.05) is 12.1 Å². The first-order chi connectivity index (χ1) is 19.5. The number of carbonyl (C=O) groups is 1. The van der Waals surface area contributed by atoms with Crippen LogP contribution >= 0.6 is 0 Å². The van der Waals surface area contributed by atoms with Crippen LogP contribution in [0.4, 0.5) is 10.2 Å². The van der Waals surface area contributed by atoms with Gasteiger partial charge in [0.15, 0.2) is 0 Å². The molecule has 0 bridgehead atoms. The molecule has 212 valence electrons. The van der Waals surface area contributed by atoms with E-state index in [1.807, 2.05) is 44.2 Å². The fraction of sp³-hybridized carbons (Fsp3) is 0.387. The third-order valence-corrected chi connectivity index (χ3v) is 8.02. The minimum absolute atomic E-state index is 0.0227. The van der Waals surface area contributed by atoms with Crippen LogP contribution in [0.15, 0.2) is 42.6 Å². The molecule has 3 atom stereocenters. The molecule has 2 aliphatic carbocycles. The second-order valence-electron chi connectivity index (χ2n) is 11.9. The molecule has 0 amide bonds. The number of rotatable bonds is 8. The van der Waals surface area contributed by atoms with Gasteiger partial charge in [0.25, 0.3) is 0 Å². The zero-order valence-electron chi connectivity index (χ0n) is 23.5. The fourth-order valence-corrected chi connectivity index (χ4v) is 6.11. The van der Waals surface area contributed by atoms with Gasteiger partial charge in [-0.05, 0) is 116 Å². The lowest BCUT2D eigenvalue weighted by atomic mass is 9.89. The van der Waals surface area contributed by atoms with Crippen molar-refractivity contribution in [1.82, 2.24) is 25.2 Å². The minimum Gasteiger partial charge on any atom is -0.481 e. The van der Waals surface area contributed by atoms with E-state index >= 15 is 4.39 Å². The van der Waals surface area contributed by atoms with E-state index in [1.165, 1.54) is 4.80 Å². The Morgan fingerprint density at radius 2 is 1.93 bits per heavy atom. The van der Waals surface area contributed by atoms with Crippen LogP contribution in [0.25, 0.3) is 22.5 Å². The van der Waals surface area contributed by atoms with Gasteiger partial charge in [-0.2, -0.15) is 4.80 Å². The molecule has 6 rings (SSSR count). The highest BCUT2D eigenvalue weighted by Gasteiger charge is 2.44.